The van der Waals surface area contributed by atoms with Gasteiger partial charge in [-0.1, -0.05) is 48.5 Å². The van der Waals surface area contributed by atoms with E-state index in [0.717, 1.165) is 16.5 Å². The van der Waals surface area contributed by atoms with Crippen LogP contribution >= 0.6 is 11.8 Å². The fourth-order valence-corrected chi connectivity index (χ4v) is 4.48. The number of thioether (sulfide) groups is 1. The van der Waals surface area contributed by atoms with Crippen LogP contribution in [0.25, 0.3) is 10.8 Å². The third-order valence-corrected chi connectivity index (χ3v) is 5.91. The van der Waals surface area contributed by atoms with Crippen LogP contribution in [0.5, 0.6) is 0 Å². The number of fused-ring (bicyclic) bond motifs is 1. The molecule has 27 heavy (non-hydrogen) atoms. The molecule has 0 spiro atoms. The van der Waals surface area contributed by atoms with Crippen molar-refractivity contribution in [2.45, 2.75) is 6.04 Å². The Kier molecular flexibility index (Phi) is 4.86. The Balaban J connectivity index is 1.57. The molecular formula is C22H20N2O2S. The van der Waals surface area contributed by atoms with E-state index in [1.54, 1.807) is 40.7 Å². The highest BCUT2D eigenvalue weighted by Crippen LogP contribution is 2.27. The van der Waals surface area contributed by atoms with Gasteiger partial charge in [0, 0.05) is 24.1 Å². The first kappa shape index (κ1) is 17.6. The molecule has 0 aromatic heterocycles. The van der Waals surface area contributed by atoms with Crippen molar-refractivity contribution in [3.63, 3.8) is 0 Å². The maximum atomic E-state index is 13.1. The molecule has 0 saturated carbocycles. The molecule has 136 valence electrons. The molecule has 0 radical (unpaired) electrons. The highest BCUT2D eigenvalue weighted by atomic mass is 32.2. The number of carbonyl (C=O) groups excluding carboxylic acids is 2. The minimum absolute atomic E-state index is 0.0560. The number of amides is 2. The van der Waals surface area contributed by atoms with Gasteiger partial charge in [-0.2, -0.15) is 0 Å². The summed E-state index contributed by atoms with van der Waals surface area (Å²) < 4.78 is 0. The van der Waals surface area contributed by atoms with Gasteiger partial charge in [0.2, 0.25) is 5.91 Å². The summed E-state index contributed by atoms with van der Waals surface area (Å²) in [5.74, 6) is 1.01. The van der Waals surface area contributed by atoms with E-state index in [1.165, 1.54) is 0 Å². The standard InChI is InChI=1S/C22H20N2O2S/c1-23(19-12-11-16-7-5-6-10-18(16)13-19)22(26)20-14-27-15-24(20)21(25)17-8-3-2-4-9-17/h2-13,20H,14-15H2,1H3/t20-/m0/s1. The first-order valence-corrected chi connectivity index (χ1v) is 10.0. The van der Waals surface area contributed by atoms with Gasteiger partial charge in [-0.05, 0) is 35.0 Å². The Bertz CT molecular complexity index is 990. The zero-order valence-electron chi connectivity index (χ0n) is 15.0. The van der Waals surface area contributed by atoms with Gasteiger partial charge in [0.15, 0.2) is 0 Å². The number of hydrogen-bond donors (Lipinski definition) is 0. The molecule has 1 saturated heterocycles. The monoisotopic (exact) mass is 376 g/mol. The summed E-state index contributed by atoms with van der Waals surface area (Å²) in [5.41, 5.74) is 1.45. The lowest BCUT2D eigenvalue weighted by Gasteiger charge is -2.27. The fourth-order valence-electron chi connectivity index (χ4n) is 3.33. The van der Waals surface area contributed by atoms with Gasteiger partial charge in [-0.15, -0.1) is 11.8 Å². The molecule has 2 amide bonds. The minimum Gasteiger partial charge on any atom is -0.316 e. The smallest absolute Gasteiger partial charge is 0.255 e. The van der Waals surface area contributed by atoms with Gasteiger partial charge >= 0.3 is 0 Å². The maximum Gasteiger partial charge on any atom is 0.255 e. The van der Waals surface area contributed by atoms with Gasteiger partial charge in [-0.3, -0.25) is 9.59 Å². The van der Waals surface area contributed by atoms with Crippen molar-refractivity contribution >= 4 is 40.0 Å². The summed E-state index contributed by atoms with van der Waals surface area (Å²) in [6, 6.07) is 22.8. The van der Waals surface area contributed by atoms with Crippen LogP contribution in [0.1, 0.15) is 10.4 Å². The van der Waals surface area contributed by atoms with Crippen LogP contribution < -0.4 is 4.90 Å². The lowest BCUT2D eigenvalue weighted by atomic mass is 10.1. The minimum atomic E-state index is -0.445. The molecule has 1 heterocycles. The van der Waals surface area contributed by atoms with Crippen LogP contribution in [-0.2, 0) is 4.79 Å². The molecule has 0 bridgehead atoms. The third kappa shape index (κ3) is 3.43. The Morgan fingerprint density at radius 1 is 0.963 bits per heavy atom. The van der Waals surface area contributed by atoms with Crippen molar-refractivity contribution < 1.29 is 9.59 Å². The number of carbonyl (C=O) groups is 2. The molecule has 1 atom stereocenters. The molecule has 4 rings (SSSR count). The van der Waals surface area contributed by atoms with Gasteiger partial charge in [-0.25, -0.2) is 0 Å². The zero-order valence-corrected chi connectivity index (χ0v) is 15.9. The normalized spacial score (nSPS) is 16.5. The van der Waals surface area contributed by atoms with Crippen LogP contribution in [-0.4, -0.2) is 41.4 Å². The summed E-state index contributed by atoms with van der Waals surface area (Å²) in [5, 5.41) is 2.23. The molecule has 3 aromatic carbocycles. The highest BCUT2D eigenvalue weighted by molar-refractivity contribution is 7.99. The van der Waals surface area contributed by atoms with Crippen LogP contribution in [0.2, 0.25) is 0 Å². The SMILES string of the molecule is CN(C(=O)[C@@H]1CSCN1C(=O)c1ccccc1)c1ccc2ccccc2c1. The van der Waals surface area contributed by atoms with E-state index in [9.17, 15) is 9.59 Å². The van der Waals surface area contributed by atoms with Gasteiger partial charge < -0.3 is 9.80 Å². The predicted molar refractivity (Wildman–Crippen MR) is 111 cm³/mol. The number of rotatable bonds is 3. The number of hydrogen-bond acceptors (Lipinski definition) is 3. The molecule has 4 nitrogen and oxygen atoms in total. The lowest BCUT2D eigenvalue weighted by molar-refractivity contribution is -0.121. The van der Waals surface area contributed by atoms with Gasteiger partial charge in [0.05, 0.1) is 5.88 Å². The molecule has 0 unspecified atom stereocenters. The Morgan fingerprint density at radius 3 is 2.44 bits per heavy atom. The number of anilines is 1. The summed E-state index contributed by atoms with van der Waals surface area (Å²) in [4.78, 5) is 29.3. The van der Waals surface area contributed by atoms with Crippen molar-refractivity contribution in [2.75, 3.05) is 23.6 Å². The van der Waals surface area contributed by atoms with Gasteiger partial charge in [0.25, 0.3) is 5.91 Å². The van der Waals surface area contributed by atoms with Crippen LogP contribution in [0.15, 0.2) is 72.8 Å². The fraction of sp³-hybridized carbons (Fsp3) is 0.182. The maximum absolute atomic E-state index is 13.1. The molecule has 3 aromatic rings. The Hall–Kier alpha value is -2.79. The van der Waals surface area contributed by atoms with E-state index in [4.69, 9.17) is 0 Å². The van der Waals surface area contributed by atoms with Crippen molar-refractivity contribution in [1.29, 1.82) is 0 Å². The first-order valence-electron chi connectivity index (χ1n) is 8.85. The quantitative estimate of drug-likeness (QED) is 0.693. The number of benzene rings is 3. The molecule has 5 heteroatoms. The van der Waals surface area contributed by atoms with Crippen molar-refractivity contribution in [3.8, 4) is 0 Å². The van der Waals surface area contributed by atoms with E-state index in [1.807, 2.05) is 54.6 Å². The van der Waals surface area contributed by atoms with E-state index < -0.39 is 6.04 Å². The topological polar surface area (TPSA) is 40.6 Å². The van der Waals surface area contributed by atoms with E-state index >= 15 is 0 Å². The first-order chi connectivity index (χ1) is 13.1. The molecular weight excluding hydrogens is 356 g/mol. The van der Waals surface area contributed by atoms with Crippen LogP contribution in [0.4, 0.5) is 5.69 Å². The average molecular weight is 376 g/mol. The molecule has 0 N–H and O–H groups in total. The Labute approximate surface area is 162 Å². The molecule has 1 fully saturated rings. The van der Waals surface area contributed by atoms with E-state index in [-0.39, 0.29) is 11.8 Å². The Morgan fingerprint density at radius 2 is 1.67 bits per heavy atom. The van der Waals surface area contributed by atoms with Gasteiger partial charge in [0.1, 0.15) is 6.04 Å². The molecule has 1 aliphatic heterocycles. The third-order valence-electron chi connectivity index (χ3n) is 4.90. The van der Waals surface area contributed by atoms with Crippen molar-refractivity contribution in [2.24, 2.45) is 0 Å². The number of nitrogens with zero attached hydrogens (tertiary/aromatic N) is 2. The highest BCUT2D eigenvalue weighted by Gasteiger charge is 2.36. The van der Waals surface area contributed by atoms with Crippen molar-refractivity contribution in [3.05, 3.63) is 78.4 Å². The summed E-state index contributed by atoms with van der Waals surface area (Å²) >= 11 is 1.61. The summed E-state index contributed by atoms with van der Waals surface area (Å²) in [6.07, 6.45) is 0. The lowest BCUT2D eigenvalue weighted by Crippen LogP contribution is -2.48. The second-order valence-electron chi connectivity index (χ2n) is 6.59. The number of likely N-dealkylation sites (N-methyl/N-ethyl adjacent to an activating group) is 1. The average Bonchev–Trinajstić information content (AvgIpc) is 3.22. The zero-order chi connectivity index (χ0) is 18.8. The van der Waals surface area contributed by atoms with Crippen LogP contribution in [0, 0.1) is 0 Å². The van der Waals surface area contributed by atoms with Crippen LogP contribution in [0.3, 0.4) is 0 Å². The largest absolute Gasteiger partial charge is 0.316 e. The van der Waals surface area contributed by atoms with E-state index in [0.29, 0.717) is 17.2 Å². The predicted octanol–water partition coefficient (Wildman–Crippen LogP) is 4.02. The second-order valence-corrected chi connectivity index (χ2v) is 7.59. The van der Waals surface area contributed by atoms with E-state index in [2.05, 4.69) is 6.07 Å². The summed E-state index contributed by atoms with van der Waals surface area (Å²) in [6.45, 7) is 0. The second kappa shape index (κ2) is 7.45. The summed E-state index contributed by atoms with van der Waals surface area (Å²) in [7, 11) is 1.78. The van der Waals surface area contributed by atoms with Crippen molar-refractivity contribution in [1.82, 2.24) is 4.90 Å². The molecule has 0 aliphatic carbocycles. The molecule has 1 aliphatic rings.